The Morgan fingerprint density at radius 3 is 1.95 bits per heavy atom. The molecule has 0 aliphatic carbocycles. The molecule has 0 radical (unpaired) electrons. The van der Waals surface area contributed by atoms with E-state index in [-0.39, 0.29) is 5.75 Å². The fraction of sp³-hybridized carbons (Fsp3) is 0.294. The quantitative estimate of drug-likeness (QED) is 0.923. The van der Waals surface area contributed by atoms with E-state index in [1.165, 1.54) is 0 Å². The molecule has 2 aromatic rings. The van der Waals surface area contributed by atoms with Gasteiger partial charge in [0.1, 0.15) is 0 Å². The van der Waals surface area contributed by atoms with Crippen molar-refractivity contribution in [1.29, 1.82) is 0 Å². The van der Waals surface area contributed by atoms with Gasteiger partial charge in [-0.1, -0.05) is 54.6 Å². The summed E-state index contributed by atoms with van der Waals surface area (Å²) in [5.41, 5.74) is 9.10. The molecule has 3 nitrogen and oxygen atoms in total. The number of hydrogen-bond donors (Lipinski definition) is 1. The van der Waals surface area contributed by atoms with Crippen LogP contribution in [0.2, 0.25) is 0 Å². The number of rotatable bonds is 5. The highest BCUT2D eigenvalue weighted by molar-refractivity contribution is 7.92. The predicted molar refractivity (Wildman–Crippen MR) is 87.7 cm³/mol. The molecule has 0 aromatic heterocycles. The van der Waals surface area contributed by atoms with Gasteiger partial charge in [-0.2, -0.15) is 0 Å². The second-order valence-electron chi connectivity index (χ2n) is 5.47. The number of sulfone groups is 1. The summed E-state index contributed by atoms with van der Waals surface area (Å²) in [4.78, 5) is 0. The predicted octanol–water partition coefficient (Wildman–Crippen LogP) is 3.18. The van der Waals surface area contributed by atoms with E-state index in [2.05, 4.69) is 0 Å². The van der Waals surface area contributed by atoms with Gasteiger partial charge in [0, 0.05) is 6.04 Å². The van der Waals surface area contributed by atoms with Crippen LogP contribution in [0.3, 0.4) is 0 Å². The highest BCUT2D eigenvalue weighted by Gasteiger charge is 2.21. The first-order valence-corrected chi connectivity index (χ1v) is 8.74. The van der Waals surface area contributed by atoms with Crippen LogP contribution in [0.4, 0.5) is 0 Å². The Morgan fingerprint density at radius 2 is 1.43 bits per heavy atom. The van der Waals surface area contributed by atoms with Gasteiger partial charge in [0.15, 0.2) is 9.84 Å². The zero-order valence-electron chi connectivity index (χ0n) is 12.4. The second-order valence-corrected chi connectivity index (χ2v) is 8.07. The fourth-order valence-corrected chi connectivity index (χ4v) is 3.17. The lowest BCUT2D eigenvalue weighted by Crippen LogP contribution is -2.26. The van der Waals surface area contributed by atoms with Crippen LogP contribution in [0.25, 0.3) is 11.1 Å². The number of benzene rings is 2. The standard InChI is InChI=1S/C17H21NO2S/c1-13(2)21(19,20)12-17(18)16-10-8-15(9-11-16)14-6-4-3-5-7-14/h3-11,13,17H,12,18H2,1-2H3. The third-order valence-electron chi connectivity index (χ3n) is 3.58. The minimum atomic E-state index is -3.13. The molecule has 0 saturated carbocycles. The summed E-state index contributed by atoms with van der Waals surface area (Å²) in [5.74, 6) is -0.0185. The molecule has 0 aliphatic rings. The van der Waals surface area contributed by atoms with Gasteiger partial charge in [0.2, 0.25) is 0 Å². The van der Waals surface area contributed by atoms with Crippen molar-refractivity contribution >= 4 is 9.84 Å². The van der Waals surface area contributed by atoms with Crippen molar-refractivity contribution in [1.82, 2.24) is 0 Å². The van der Waals surface area contributed by atoms with E-state index in [0.29, 0.717) is 0 Å². The summed E-state index contributed by atoms with van der Waals surface area (Å²) in [7, 11) is -3.13. The Labute approximate surface area is 126 Å². The molecule has 2 N–H and O–H groups in total. The van der Waals surface area contributed by atoms with E-state index < -0.39 is 21.1 Å². The summed E-state index contributed by atoms with van der Waals surface area (Å²) in [6.07, 6.45) is 0. The summed E-state index contributed by atoms with van der Waals surface area (Å²) in [6, 6.07) is 17.3. The van der Waals surface area contributed by atoms with Gasteiger partial charge in [0.05, 0.1) is 11.0 Å². The van der Waals surface area contributed by atoms with Gasteiger partial charge < -0.3 is 5.73 Å². The highest BCUT2D eigenvalue weighted by atomic mass is 32.2. The van der Waals surface area contributed by atoms with Gasteiger partial charge in [-0.25, -0.2) is 8.42 Å². The third-order valence-corrected chi connectivity index (χ3v) is 5.84. The minimum Gasteiger partial charge on any atom is -0.323 e. The summed E-state index contributed by atoms with van der Waals surface area (Å²) >= 11 is 0. The van der Waals surface area contributed by atoms with E-state index in [0.717, 1.165) is 16.7 Å². The molecule has 0 amide bonds. The second kappa shape index (κ2) is 6.41. The normalized spacial score (nSPS) is 13.3. The fourth-order valence-electron chi connectivity index (χ4n) is 2.09. The van der Waals surface area contributed by atoms with E-state index in [4.69, 9.17) is 5.73 Å². The lowest BCUT2D eigenvalue weighted by Gasteiger charge is -2.15. The van der Waals surface area contributed by atoms with E-state index in [1.807, 2.05) is 54.6 Å². The third kappa shape index (κ3) is 3.93. The molecule has 112 valence electrons. The Bertz CT molecular complexity index is 676. The maximum Gasteiger partial charge on any atom is 0.154 e. The summed E-state index contributed by atoms with van der Waals surface area (Å²) in [6.45, 7) is 3.36. The average molecular weight is 303 g/mol. The van der Waals surface area contributed by atoms with Crippen molar-refractivity contribution in [2.75, 3.05) is 5.75 Å². The zero-order chi connectivity index (χ0) is 15.5. The lowest BCUT2D eigenvalue weighted by molar-refractivity contribution is 0.580. The van der Waals surface area contributed by atoms with E-state index >= 15 is 0 Å². The van der Waals surface area contributed by atoms with E-state index in [1.54, 1.807) is 13.8 Å². The van der Waals surface area contributed by atoms with Crippen molar-refractivity contribution < 1.29 is 8.42 Å². The molecule has 0 fully saturated rings. The van der Waals surface area contributed by atoms with Crippen molar-refractivity contribution in [3.8, 4) is 11.1 Å². The van der Waals surface area contributed by atoms with Crippen LogP contribution in [0.15, 0.2) is 54.6 Å². The Morgan fingerprint density at radius 1 is 0.905 bits per heavy atom. The van der Waals surface area contributed by atoms with Crippen LogP contribution in [0, 0.1) is 0 Å². The maximum atomic E-state index is 11.9. The molecule has 0 aliphatic heterocycles. The molecular formula is C17H21NO2S. The molecule has 4 heteroatoms. The van der Waals surface area contributed by atoms with Gasteiger partial charge >= 0.3 is 0 Å². The van der Waals surface area contributed by atoms with Crippen LogP contribution in [0.1, 0.15) is 25.5 Å². The lowest BCUT2D eigenvalue weighted by atomic mass is 10.0. The number of hydrogen-bond acceptors (Lipinski definition) is 3. The molecular weight excluding hydrogens is 282 g/mol. The first-order valence-electron chi connectivity index (χ1n) is 7.02. The average Bonchev–Trinajstić information content (AvgIpc) is 2.48. The van der Waals surface area contributed by atoms with Crippen LogP contribution >= 0.6 is 0 Å². The van der Waals surface area contributed by atoms with Gasteiger partial charge in [-0.3, -0.25) is 0 Å². The molecule has 0 heterocycles. The van der Waals surface area contributed by atoms with Gasteiger partial charge in [-0.15, -0.1) is 0 Å². The molecule has 21 heavy (non-hydrogen) atoms. The molecule has 0 saturated heterocycles. The smallest absolute Gasteiger partial charge is 0.154 e. The first-order chi connectivity index (χ1) is 9.90. The monoisotopic (exact) mass is 303 g/mol. The Kier molecular flexibility index (Phi) is 4.80. The largest absolute Gasteiger partial charge is 0.323 e. The highest BCUT2D eigenvalue weighted by Crippen LogP contribution is 2.22. The maximum absolute atomic E-state index is 11.9. The van der Waals surface area contributed by atoms with Gasteiger partial charge in [-0.05, 0) is 30.5 Å². The van der Waals surface area contributed by atoms with Crippen molar-refractivity contribution in [3.05, 3.63) is 60.2 Å². The van der Waals surface area contributed by atoms with Crippen LogP contribution in [-0.2, 0) is 9.84 Å². The topological polar surface area (TPSA) is 60.2 Å². The zero-order valence-corrected chi connectivity index (χ0v) is 13.2. The van der Waals surface area contributed by atoms with Crippen LogP contribution in [-0.4, -0.2) is 19.4 Å². The first kappa shape index (κ1) is 15.7. The van der Waals surface area contributed by atoms with Crippen molar-refractivity contribution in [3.63, 3.8) is 0 Å². The molecule has 2 aromatic carbocycles. The summed E-state index contributed by atoms with van der Waals surface area (Å²) in [5, 5.41) is -0.396. The van der Waals surface area contributed by atoms with Crippen LogP contribution < -0.4 is 5.73 Å². The van der Waals surface area contributed by atoms with Gasteiger partial charge in [0.25, 0.3) is 0 Å². The molecule has 1 unspecified atom stereocenters. The molecule has 0 spiro atoms. The summed E-state index contributed by atoms with van der Waals surface area (Å²) < 4.78 is 23.8. The Balaban J connectivity index is 2.16. The van der Waals surface area contributed by atoms with Crippen molar-refractivity contribution in [2.24, 2.45) is 5.73 Å². The van der Waals surface area contributed by atoms with E-state index in [9.17, 15) is 8.42 Å². The Hall–Kier alpha value is -1.65. The van der Waals surface area contributed by atoms with Crippen molar-refractivity contribution in [2.45, 2.75) is 25.1 Å². The SMILES string of the molecule is CC(C)S(=O)(=O)CC(N)c1ccc(-c2ccccc2)cc1. The van der Waals surface area contributed by atoms with Crippen LogP contribution in [0.5, 0.6) is 0 Å². The molecule has 1 atom stereocenters. The molecule has 0 bridgehead atoms. The minimum absolute atomic E-state index is 0.0185. The number of nitrogens with two attached hydrogens (primary N) is 1. The molecule has 2 rings (SSSR count).